The van der Waals surface area contributed by atoms with Gasteiger partial charge in [-0.3, -0.25) is 0 Å². The molecule has 1 aliphatic carbocycles. The highest BCUT2D eigenvalue weighted by Crippen LogP contribution is 2.32. The Morgan fingerprint density at radius 1 is 0.962 bits per heavy atom. The van der Waals surface area contributed by atoms with Gasteiger partial charge in [-0.15, -0.1) is 12.4 Å². The van der Waals surface area contributed by atoms with Crippen LogP contribution in [0.1, 0.15) is 44.9 Å². The Hall–Kier alpha value is -1.22. The summed E-state index contributed by atoms with van der Waals surface area (Å²) in [6.07, 6.45) is 9.11. The average Bonchev–Trinajstić information content (AvgIpc) is 2.67. The Bertz CT molecular complexity index is 642. The van der Waals surface area contributed by atoms with Crippen LogP contribution in [0, 0.1) is 0 Å². The van der Waals surface area contributed by atoms with Crippen molar-refractivity contribution in [3.63, 3.8) is 0 Å². The van der Waals surface area contributed by atoms with Crippen molar-refractivity contribution in [1.29, 1.82) is 0 Å². The molecule has 142 valence electrons. The lowest BCUT2D eigenvalue weighted by molar-refractivity contribution is 0.302. The molecular formula is C22H29Cl2NO. The fourth-order valence-electron chi connectivity index (χ4n) is 3.49. The standard InChI is InChI=1S/C22H28ClNO.ClH/c23-19-13-14-22(21(17-19)18-9-3-1-4-10-18)25-16-8-7-15-24-20-11-5-2-6-12-20;/h1,3-4,9-10,13-14,17,20,24H,2,5-8,11-12,15-16H2;1H. The van der Waals surface area contributed by atoms with Crippen LogP contribution in [0.3, 0.4) is 0 Å². The van der Waals surface area contributed by atoms with Crippen LogP contribution in [0.2, 0.25) is 5.02 Å². The molecule has 1 saturated carbocycles. The molecule has 0 heterocycles. The van der Waals surface area contributed by atoms with Crippen LogP contribution >= 0.6 is 24.0 Å². The molecule has 0 saturated heterocycles. The van der Waals surface area contributed by atoms with Crippen LogP contribution in [-0.2, 0) is 0 Å². The molecule has 4 heteroatoms. The Morgan fingerprint density at radius 2 is 1.73 bits per heavy atom. The minimum absolute atomic E-state index is 0. The van der Waals surface area contributed by atoms with E-state index in [1.54, 1.807) is 0 Å². The molecule has 0 unspecified atom stereocenters. The van der Waals surface area contributed by atoms with Gasteiger partial charge in [-0.1, -0.05) is 61.2 Å². The van der Waals surface area contributed by atoms with Gasteiger partial charge >= 0.3 is 0 Å². The number of nitrogens with one attached hydrogen (secondary N) is 1. The van der Waals surface area contributed by atoms with Gasteiger partial charge in [0, 0.05) is 16.6 Å². The van der Waals surface area contributed by atoms with E-state index in [4.69, 9.17) is 16.3 Å². The van der Waals surface area contributed by atoms with E-state index < -0.39 is 0 Å². The molecule has 2 nitrogen and oxygen atoms in total. The second-order valence-corrected chi connectivity index (χ2v) is 7.29. The van der Waals surface area contributed by atoms with E-state index in [1.165, 1.54) is 32.1 Å². The van der Waals surface area contributed by atoms with Gasteiger partial charge in [-0.25, -0.2) is 0 Å². The van der Waals surface area contributed by atoms with Gasteiger partial charge in [0.1, 0.15) is 5.75 Å². The summed E-state index contributed by atoms with van der Waals surface area (Å²) in [6, 6.07) is 16.9. The third-order valence-electron chi connectivity index (χ3n) is 4.89. The molecule has 3 rings (SSSR count). The van der Waals surface area contributed by atoms with Gasteiger partial charge in [0.25, 0.3) is 0 Å². The number of ether oxygens (including phenoxy) is 1. The minimum Gasteiger partial charge on any atom is -0.493 e. The fraction of sp³-hybridized carbons (Fsp3) is 0.455. The van der Waals surface area contributed by atoms with Crippen LogP contribution in [0.4, 0.5) is 0 Å². The van der Waals surface area contributed by atoms with E-state index in [-0.39, 0.29) is 12.4 Å². The molecular weight excluding hydrogens is 365 g/mol. The SMILES string of the molecule is Cl.Clc1ccc(OCCCCNC2CCCCC2)c(-c2ccccc2)c1. The molecule has 2 aromatic carbocycles. The van der Waals surface area contributed by atoms with E-state index >= 15 is 0 Å². The lowest BCUT2D eigenvalue weighted by Crippen LogP contribution is -2.31. The van der Waals surface area contributed by atoms with Crippen molar-refractivity contribution in [2.45, 2.75) is 51.0 Å². The van der Waals surface area contributed by atoms with Crippen molar-refractivity contribution < 1.29 is 4.74 Å². The van der Waals surface area contributed by atoms with Gasteiger partial charge in [-0.05, 0) is 56.0 Å². The molecule has 0 spiro atoms. The van der Waals surface area contributed by atoms with Crippen molar-refractivity contribution >= 4 is 24.0 Å². The maximum Gasteiger partial charge on any atom is 0.127 e. The summed E-state index contributed by atoms with van der Waals surface area (Å²) in [7, 11) is 0. The summed E-state index contributed by atoms with van der Waals surface area (Å²) >= 11 is 6.18. The highest BCUT2D eigenvalue weighted by molar-refractivity contribution is 6.31. The van der Waals surface area contributed by atoms with Gasteiger partial charge < -0.3 is 10.1 Å². The van der Waals surface area contributed by atoms with Gasteiger partial charge in [0.05, 0.1) is 6.61 Å². The number of hydrogen-bond acceptors (Lipinski definition) is 2. The van der Waals surface area contributed by atoms with Crippen LogP contribution < -0.4 is 10.1 Å². The molecule has 0 radical (unpaired) electrons. The first-order valence-electron chi connectivity index (χ1n) is 9.54. The maximum atomic E-state index is 6.18. The van der Waals surface area contributed by atoms with Crippen LogP contribution in [0.15, 0.2) is 48.5 Å². The third kappa shape index (κ3) is 6.50. The number of hydrogen-bond donors (Lipinski definition) is 1. The second kappa shape index (κ2) is 11.5. The topological polar surface area (TPSA) is 21.3 Å². The summed E-state index contributed by atoms with van der Waals surface area (Å²) in [5, 5.41) is 4.43. The molecule has 0 amide bonds. The molecule has 2 aromatic rings. The molecule has 26 heavy (non-hydrogen) atoms. The van der Waals surface area contributed by atoms with Crippen molar-refractivity contribution in [1.82, 2.24) is 5.32 Å². The predicted octanol–water partition coefficient (Wildman–Crippen LogP) is 6.51. The zero-order valence-electron chi connectivity index (χ0n) is 15.3. The lowest BCUT2D eigenvalue weighted by atomic mass is 9.95. The zero-order chi connectivity index (χ0) is 17.3. The van der Waals surface area contributed by atoms with E-state index in [9.17, 15) is 0 Å². The van der Waals surface area contributed by atoms with Crippen molar-refractivity contribution in [2.75, 3.05) is 13.2 Å². The minimum atomic E-state index is 0. The van der Waals surface area contributed by atoms with Crippen molar-refractivity contribution in [3.8, 4) is 16.9 Å². The van der Waals surface area contributed by atoms with E-state index in [1.807, 2.05) is 36.4 Å². The first kappa shape index (κ1) is 21.1. The van der Waals surface area contributed by atoms with Crippen LogP contribution in [-0.4, -0.2) is 19.2 Å². The molecule has 0 aromatic heterocycles. The largest absolute Gasteiger partial charge is 0.493 e. The summed E-state index contributed by atoms with van der Waals surface area (Å²) in [5.74, 6) is 0.913. The Morgan fingerprint density at radius 3 is 2.50 bits per heavy atom. The first-order chi connectivity index (χ1) is 12.3. The summed E-state index contributed by atoms with van der Waals surface area (Å²) in [5.41, 5.74) is 2.20. The lowest BCUT2D eigenvalue weighted by Gasteiger charge is -2.22. The van der Waals surface area contributed by atoms with Crippen LogP contribution in [0.25, 0.3) is 11.1 Å². The molecule has 0 bridgehead atoms. The smallest absolute Gasteiger partial charge is 0.127 e. The number of unbranched alkanes of at least 4 members (excludes halogenated alkanes) is 1. The van der Waals surface area contributed by atoms with Crippen molar-refractivity contribution in [3.05, 3.63) is 53.6 Å². The average molecular weight is 394 g/mol. The van der Waals surface area contributed by atoms with E-state index in [0.717, 1.165) is 53.9 Å². The number of rotatable bonds is 8. The van der Waals surface area contributed by atoms with Crippen LogP contribution in [0.5, 0.6) is 5.75 Å². The highest BCUT2D eigenvalue weighted by atomic mass is 35.5. The fourth-order valence-corrected chi connectivity index (χ4v) is 3.67. The molecule has 1 aliphatic rings. The third-order valence-corrected chi connectivity index (χ3v) is 5.13. The Balaban J connectivity index is 0.00000243. The summed E-state index contributed by atoms with van der Waals surface area (Å²) in [4.78, 5) is 0. The monoisotopic (exact) mass is 393 g/mol. The zero-order valence-corrected chi connectivity index (χ0v) is 16.8. The van der Waals surface area contributed by atoms with Crippen molar-refractivity contribution in [2.24, 2.45) is 0 Å². The molecule has 1 fully saturated rings. The van der Waals surface area contributed by atoms with Gasteiger partial charge in [-0.2, -0.15) is 0 Å². The quantitative estimate of drug-likeness (QED) is 0.515. The van der Waals surface area contributed by atoms with E-state index in [2.05, 4.69) is 17.4 Å². The number of benzene rings is 2. The molecule has 1 N–H and O–H groups in total. The van der Waals surface area contributed by atoms with Gasteiger partial charge in [0.15, 0.2) is 0 Å². The maximum absolute atomic E-state index is 6.18. The molecule has 0 atom stereocenters. The predicted molar refractivity (Wildman–Crippen MR) is 114 cm³/mol. The van der Waals surface area contributed by atoms with Gasteiger partial charge in [0.2, 0.25) is 0 Å². The summed E-state index contributed by atoms with van der Waals surface area (Å²) < 4.78 is 6.05. The Kier molecular flexibility index (Phi) is 9.31. The summed E-state index contributed by atoms with van der Waals surface area (Å²) in [6.45, 7) is 1.84. The normalized spacial score (nSPS) is 14.7. The Labute approximate surface area is 168 Å². The van der Waals surface area contributed by atoms with E-state index in [0.29, 0.717) is 0 Å². The molecule has 0 aliphatic heterocycles. The second-order valence-electron chi connectivity index (χ2n) is 6.85. The number of halogens is 2. The highest BCUT2D eigenvalue weighted by Gasteiger charge is 2.12. The first-order valence-corrected chi connectivity index (χ1v) is 9.92.